The van der Waals surface area contributed by atoms with Crippen LogP contribution in [0.1, 0.15) is 27.6 Å². The summed E-state index contributed by atoms with van der Waals surface area (Å²) in [7, 11) is 0. The molecule has 0 saturated carbocycles. The van der Waals surface area contributed by atoms with E-state index in [1.54, 1.807) is 31.2 Å². The topological polar surface area (TPSA) is 142 Å². The molecule has 1 atom stereocenters. The minimum absolute atomic E-state index is 0.0743. The number of hydrogen-bond donors (Lipinski definition) is 1. The van der Waals surface area contributed by atoms with Gasteiger partial charge >= 0.3 is 5.97 Å². The van der Waals surface area contributed by atoms with E-state index < -0.39 is 33.5 Å². The number of hydrogen-bond acceptors (Lipinski definition) is 7. The zero-order valence-corrected chi connectivity index (χ0v) is 17.8. The van der Waals surface area contributed by atoms with Crippen LogP contribution in [0.15, 0.2) is 66.7 Å². The zero-order valence-electron chi connectivity index (χ0n) is 17.1. The van der Waals surface area contributed by atoms with Crippen LogP contribution in [0.3, 0.4) is 0 Å². The SMILES string of the molecule is Cc1ccc(NC(=O)C(OC(=O)c2ccc(Cl)c([N+](=O)[O-])c2)c2ccccc2)c([N+](=O)[O-])c1. The van der Waals surface area contributed by atoms with Crippen molar-refractivity contribution in [3.05, 3.63) is 109 Å². The molecule has 1 N–H and O–H groups in total. The Labute approximate surface area is 192 Å². The van der Waals surface area contributed by atoms with Gasteiger partial charge < -0.3 is 10.1 Å². The van der Waals surface area contributed by atoms with Crippen LogP contribution in [0.2, 0.25) is 5.02 Å². The van der Waals surface area contributed by atoms with Crippen LogP contribution in [0.5, 0.6) is 0 Å². The van der Waals surface area contributed by atoms with Crippen molar-refractivity contribution in [1.29, 1.82) is 0 Å². The van der Waals surface area contributed by atoms with E-state index in [2.05, 4.69) is 5.32 Å². The molecule has 0 aromatic heterocycles. The molecule has 0 saturated heterocycles. The second-order valence-electron chi connectivity index (χ2n) is 6.89. The normalized spacial score (nSPS) is 11.3. The van der Waals surface area contributed by atoms with Crippen molar-refractivity contribution < 1.29 is 24.2 Å². The third kappa shape index (κ3) is 5.49. The maximum Gasteiger partial charge on any atom is 0.339 e. The molecule has 0 spiro atoms. The molecule has 168 valence electrons. The molecule has 3 aromatic carbocycles. The van der Waals surface area contributed by atoms with Gasteiger partial charge in [0.15, 0.2) is 0 Å². The summed E-state index contributed by atoms with van der Waals surface area (Å²) in [5.41, 5.74) is -0.176. The van der Waals surface area contributed by atoms with E-state index >= 15 is 0 Å². The number of anilines is 1. The van der Waals surface area contributed by atoms with E-state index in [-0.39, 0.29) is 22.0 Å². The largest absolute Gasteiger partial charge is 0.444 e. The van der Waals surface area contributed by atoms with Crippen molar-refractivity contribution in [3.8, 4) is 0 Å². The molecule has 0 bridgehead atoms. The Balaban J connectivity index is 1.93. The van der Waals surface area contributed by atoms with Gasteiger partial charge in [0.2, 0.25) is 6.10 Å². The molecular weight excluding hydrogens is 454 g/mol. The number of esters is 1. The lowest BCUT2D eigenvalue weighted by Crippen LogP contribution is -2.26. The van der Waals surface area contributed by atoms with Crippen LogP contribution in [0.25, 0.3) is 0 Å². The lowest BCUT2D eigenvalue weighted by Gasteiger charge is -2.18. The number of halogens is 1. The second kappa shape index (κ2) is 9.88. The number of ether oxygens (including phenoxy) is 1. The minimum Gasteiger partial charge on any atom is -0.444 e. The number of nitro groups is 2. The van der Waals surface area contributed by atoms with Gasteiger partial charge in [-0.15, -0.1) is 0 Å². The van der Waals surface area contributed by atoms with E-state index in [0.29, 0.717) is 11.1 Å². The third-order valence-electron chi connectivity index (χ3n) is 4.55. The lowest BCUT2D eigenvalue weighted by molar-refractivity contribution is -0.384. The maximum atomic E-state index is 13.0. The molecule has 0 heterocycles. The van der Waals surface area contributed by atoms with Crippen molar-refractivity contribution in [2.75, 3.05) is 5.32 Å². The number of rotatable bonds is 7. The van der Waals surface area contributed by atoms with Gasteiger partial charge in [0.05, 0.1) is 15.4 Å². The summed E-state index contributed by atoms with van der Waals surface area (Å²) in [6, 6.07) is 15.6. The highest BCUT2D eigenvalue weighted by Crippen LogP contribution is 2.29. The molecule has 3 rings (SSSR count). The van der Waals surface area contributed by atoms with Crippen molar-refractivity contribution in [2.45, 2.75) is 13.0 Å². The number of carbonyl (C=O) groups excluding carboxylic acids is 2. The summed E-state index contributed by atoms with van der Waals surface area (Å²) in [6.07, 6.45) is -1.49. The second-order valence-corrected chi connectivity index (χ2v) is 7.29. The standard InChI is InChI=1S/C22H16ClN3O7/c1-13-7-10-17(19(11-13)26(31)32)24-21(27)20(14-5-3-2-4-6-14)33-22(28)15-8-9-16(23)18(12-15)25(29)30/h2-12,20H,1H3,(H,24,27). The molecule has 1 amide bonds. The predicted molar refractivity (Wildman–Crippen MR) is 119 cm³/mol. The molecule has 0 radical (unpaired) electrons. The van der Waals surface area contributed by atoms with E-state index in [4.69, 9.17) is 16.3 Å². The van der Waals surface area contributed by atoms with E-state index in [1.165, 1.54) is 36.4 Å². The lowest BCUT2D eigenvalue weighted by atomic mass is 10.1. The Kier molecular flexibility index (Phi) is 6.99. The highest BCUT2D eigenvalue weighted by atomic mass is 35.5. The molecule has 1 unspecified atom stereocenters. The molecule has 0 aliphatic heterocycles. The van der Waals surface area contributed by atoms with Gasteiger partial charge in [-0.1, -0.05) is 48.0 Å². The number of aryl methyl sites for hydroxylation is 1. The van der Waals surface area contributed by atoms with Crippen LogP contribution in [0, 0.1) is 27.2 Å². The average Bonchev–Trinajstić information content (AvgIpc) is 2.78. The van der Waals surface area contributed by atoms with Gasteiger partial charge in [-0.2, -0.15) is 0 Å². The van der Waals surface area contributed by atoms with Crippen LogP contribution in [0.4, 0.5) is 17.1 Å². The first-order valence-electron chi connectivity index (χ1n) is 9.43. The molecule has 3 aromatic rings. The minimum atomic E-state index is -1.49. The summed E-state index contributed by atoms with van der Waals surface area (Å²) in [5.74, 6) is -1.86. The first kappa shape index (κ1) is 23.4. The molecule has 33 heavy (non-hydrogen) atoms. The van der Waals surface area contributed by atoms with Gasteiger partial charge in [0.25, 0.3) is 17.3 Å². The number of nitro benzene ring substituents is 2. The molecule has 10 nitrogen and oxygen atoms in total. The summed E-state index contributed by atoms with van der Waals surface area (Å²) in [4.78, 5) is 46.8. The summed E-state index contributed by atoms with van der Waals surface area (Å²) < 4.78 is 5.37. The van der Waals surface area contributed by atoms with Crippen molar-refractivity contribution in [1.82, 2.24) is 0 Å². The third-order valence-corrected chi connectivity index (χ3v) is 4.87. The monoisotopic (exact) mass is 469 g/mol. The van der Waals surface area contributed by atoms with Gasteiger partial charge in [0, 0.05) is 17.7 Å². The van der Waals surface area contributed by atoms with Gasteiger partial charge in [-0.05, 0) is 30.7 Å². The number of amides is 1. The zero-order chi connectivity index (χ0) is 24.1. The van der Waals surface area contributed by atoms with Crippen molar-refractivity contribution in [2.24, 2.45) is 0 Å². The fourth-order valence-corrected chi connectivity index (χ4v) is 3.14. The van der Waals surface area contributed by atoms with Gasteiger partial charge in [0.1, 0.15) is 10.7 Å². The molecular formula is C22H16ClN3O7. The smallest absolute Gasteiger partial charge is 0.339 e. The Morgan fingerprint density at radius 2 is 1.61 bits per heavy atom. The van der Waals surface area contributed by atoms with Gasteiger partial charge in [-0.25, -0.2) is 4.79 Å². The highest BCUT2D eigenvalue weighted by molar-refractivity contribution is 6.32. The maximum absolute atomic E-state index is 13.0. The number of nitrogens with one attached hydrogen (secondary N) is 1. The number of carbonyl (C=O) groups is 2. The van der Waals surface area contributed by atoms with E-state index in [9.17, 15) is 29.8 Å². The van der Waals surface area contributed by atoms with E-state index in [1.807, 2.05) is 0 Å². The number of nitrogens with zero attached hydrogens (tertiary/aromatic N) is 2. The summed E-state index contributed by atoms with van der Waals surface area (Å²) in [5, 5.41) is 24.7. The van der Waals surface area contributed by atoms with Crippen molar-refractivity contribution >= 4 is 40.5 Å². The van der Waals surface area contributed by atoms with Gasteiger partial charge in [-0.3, -0.25) is 25.0 Å². The predicted octanol–water partition coefficient (Wildman–Crippen LogP) is 5.00. The van der Waals surface area contributed by atoms with Crippen LogP contribution >= 0.6 is 11.6 Å². The van der Waals surface area contributed by atoms with Crippen LogP contribution in [-0.2, 0) is 9.53 Å². The first-order chi connectivity index (χ1) is 15.7. The Morgan fingerprint density at radius 3 is 2.24 bits per heavy atom. The fraction of sp³-hybridized carbons (Fsp3) is 0.0909. The highest BCUT2D eigenvalue weighted by Gasteiger charge is 2.28. The molecule has 0 aliphatic rings. The van der Waals surface area contributed by atoms with Crippen molar-refractivity contribution in [3.63, 3.8) is 0 Å². The quantitative estimate of drug-likeness (QED) is 0.291. The van der Waals surface area contributed by atoms with E-state index in [0.717, 1.165) is 6.07 Å². The molecule has 0 fully saturated rings. The first-order valence-corrected chi connectivity index (χ1v) is 9.81. The molecule has 0 aliphatic carbocycles. The van der Waals surface area contributed by atoms with Crippen LogP contribution in [-0.4, -0.2) is 21.7 Å². The number of benzene rings is 3. The molecule has 11 heteroatoms. The fourth-order valence-electron chi connectivity index (χ4n) is 2.95. The Hall–Kier alpha value is -4.31. The summed E-state index contributed by atoms with van der Waals surface area (Å²) >= 11 is 5.78. The Morgan fingerprint density at radius 1 is 0.939 bits per heavy atom. The van der Waals surface area contributed by atoms with Crippen LogP contribution < -0.4 is 5.32 Å². The Bertz CT molecular complexity index is 1250. The summed E-state index contributed by atoms with van der Waals surface area (Å²) in [6.45, 7) is 1.67. The average molecular weight is 470 g/mol.